The van der Waals surface area contributed by atoms with Gasteiger partial charge in [0.05, 0.1) is 31.9 Å². The number of likely N-dealkylation sites (tertiary alicyclic amines) is 1. The molecule has 0 spiro atoms. The third-order valence-electron chi connectivity index (χ3n) is 6.01. The summed E-state index contributed by atoms with van der Waals surface area (Å²) in [5.74, 6) is 0.896. The molecule has 1 saturated heterocycles. The Balaban J connectivity index is 1.85. The lowest BCUT2D eigenvalue weighted by molar-refractivity contribution is -0.158. The summed E-state index contributed by atoms with van der Waals surface area (Å²) in [5, 5.41) is 2.92. The van der Waals surface area contributed by atoms with Gasteiger partial charge in [0.1, 0.15) is 11.5 Å². The van der Waals surface area contributed by atoms with Gasteiger partial charge >= 0.3 is 12.0 Å². The molecular weight excluding hydrogens is 408 g/mol. The summed E-state index contributed by atoms with van der Waals surface area (Å²) in [5.41, 5.74) is 1.95. The van der Waals surface area contributed by atoms with Gasteiger partial charge in [-0.1, -0.05) is 24.3 Å². The SMILES string of the molecule is CCOC(=O)[C@]1(Cc2ccccc2C)CCCN(C(=O)Nc2cc(OC)ccc2OC)C1. The summed E-state index contributed by atoms with van der Waals surface area (Å²) in [7, 11) is 3.11. The van der Waals surface area contributed by atoms with Gasteiger partial charge in [-0.25, -0.2) is 4.79 Å². The van der Waals surface area contributed by atoms with Crippen molar-refractivity contribution in [1.82, 2.24) is 4.90 Å². The van der Waals surface area contributed by atoms with Crippen molar-refractivity contribution in [3.63, 3.8) is 0 Å². The molecule has 2 aromatic rings. The first-order chi connectivity index (χ1) is 15.4. The average molecular weight is 441 g/mol. The van der Waals surface area contributed by atoms with Crippen LogP contribution in [-0.2, 0) is 16.0 Å². The number of hydrogen-bond donors (Lipinski definition) is 1. The van der Waals surface area contributed by atoms with Gasteiger partial charge < -0.3 is 24.4 Å². The highest BCUT2D eigenvalue weighted by Gasteiger charge is 2.45. The van der Waals surface area contributed by atoms with E-state index in [-0.39, 0.29) is 18.5 Å². The molecular formula is C25H32N2O5. The molecule has 0 unspecified atom stereocenters. The van der Waals surface area contributed by atoms with Gasteiger partial charge in [-0.2, -0.15) is 0 Å². The van der Waals surface area contributed by atoms with E-state index in [4.69, 9.17) is 14.2 Å². The van der Waals surface area contributed by atoms with E-state index < -0.39 is 5.41 Å². The standard InChI is InChI=1S/C25H32N2O5/c1-5-32-23(28)25(16-19-10-7-6-9-18(19)2)13-8-14-27(17-25)24(29)26-21-15-20(30-3)11-12-22(21)31-4/h6-7,9-12,15H,5,8,13-14,16-17H2,1-4H3,(H,26,29)/t25-/m0/s1. The Morgan fingerprint density at radius 2 is 1.91 bits per heavy atom. The molecule has 0 aromatic heterocycles. The van der Waals surface area contributed by atoms with Crippen LogP contribution in [0.2, 0.25) is 0 Å². The molecule has 172 valence electrons. The van der Waals surface area contributed by atoms with Crippen molar-refractivity contribution in [2.24, 2.45) is 5.41 Å². The molecule has 2 aromatic carbocycles. The van der Waals surface area contributed by atoms with Crippen molar-refractivity contribution in [3.8, 4) is 11.5 Å². The summed E-state index contributed by atoms with van der Waals surface area (Å²) >= 11 is 0. The van der Waals surface area contributed by atoms with Crippen molar-refractivity contribution in [3.05, 3.63) is 53.6 Å². The number of carbonyl (C=O) groups is 2. The number of methoxy groups -OCH3 is 2. The number of benzene rings is 2. The molecule has 1 atom stereocenters. The van der Waals surface area contributed by atoms with Crippen molar-refractivity contribution in [1.29, 1.82) is 0 Å². The van der Waals surface area contributed by atoms with Crippen LogP contribution in [0, 0.1) is 12.3 Å². The van der Waals surface area contributed by atoms with Crippen LogP contribution in [0.15, 0.2) is 42.5 Å². The van der Waals surface area contributed by atoms with Gasteiger partial charge in [-0.05, 0) is 56.4 Å². The van der Waals surface area contributed by atoms with Gasteiger partial charge in [0.15, 0.2) is 0 Å². The van der Waals surface area contributed by atoms with E-state index in [1.807, 2.05) is 38.1 Å². The first-order valence-corrected chi connectivity index (χ1v) is 10.9. The minimum absolute atomic E-state index is 0.250. The summed E-state index contributed by atoms with van der Waals surface area (Å²) in [6.45, 7) is 5.01. The topological polar surface area (TPSA) is 77.1 Å². The Hall–Kier alpha value is -3.22. The van der Waals surface area contributed by atoms with Crippen LogP contribution in [0.5, 0.6) is 11.5 Å². The predicted octanol–water partition coefficient (Wildman–Crippen LogP) is 4.43. The smallest absolute Gasteiger partial charge is 0.321 e. The third kappa shape index (κ3) is 5.15. The number of piperidine rings is 1. The maximum Gasteiger partial charge on any atom is 0.321 e. The highest BCUT2D eigenvalue weighted by Crippen LogP contribution is 2.37. The Bertz CT molecular complexity index is 961. The second-order valence-corrected chi connectivity index (χ2v) is 8.13. The number of ether oxygens (including phenoxy) is 3. The highest BCUT2D eigenvalue weighted by molar-refractivity contribution is 5.92. The summed E-state index contributed by atoms with van der Waals surface area (Å²) in [4.78, 5) is 28.0. The number of aryl methyl sites for hydroxylation is 1. The number of urea groups is 1. The number of anilines is 1. The van der Waals surface area contributed by atoms with Gasteiger partial charge in [0.25, 0.3) is 0 Å². The quantitative estimate of drug-likeness (QED) is 0.645. The molecule has 1 N–H and O–H groups in total. The van der Waals surface area contributed by atoms with Crippen molar-refractivity contribution in [2.45, 2.75) is 33.1 Å². The molecule has 0 saturated carbocycles. The van der Waals surface area contributed by atoms with Crippen molar-refractivity contribution in [2.75, 3.05) is 39.2 Å². The second kappa shape index (κ2) is 10.4. The lowest BCUT2D eigenvalue weighted by Crippen LogP contribution is -2.52. The van der Waals surface area contributed by atoms with Gasteiger partial charge in [0.2, 0.25) is 0 Å². The Morgan fingerprint density at radius 1 is 1.12 bits per heavy atom. The normalized spacial score (nSPS) is 18.1. The van der Waals surface area contributed by atoms with Crippen molar-refractivity contribution < 1.29 is 23.8 Å². The number of esters is 1. The van der Waals surface area contributed by atoms with Crippen LogP contribution >= 0.6 is 0 Å². The molecule has 0 aliphatic carbocycles. The predicted molar refractivity (Wildman–Crippen MR) is 123 cm³/mol. The number of nitrogens with zero attached hydrogens (tertiary/aromatic N) is 1. The molecule has 7 heteroatoms. The molecule has 32 heavy (non-hydrogen) atoms. The Labute approximate surface area is 189 Å². The van der Waals surface area contributed by atoms with E-state index >= 15 is 0 Å². The Morgan fingerprint density at radius 3 is 2.59 bits per heavy atom. The zero-order chi connectivity index (χ0) is 23.1. The fraction of sp³-hybridized carbons (Fsp3) is 0.440. The maximum atomic E-state index is 13.2. The van der Waals surface area contributed by atoms with E-state index in [1.54, 1.807) is 37.3 Å². The maximum absolute atomic E-state index is 13.2. The van der Waals surface area contributed by atoms with Crippen LogP contribution in [0.3, 0.4) is 0 Å². The summed E-state index contributed by atoms with van der Waals surface area (Å²) < 4.78 is 16.1. The van der Waals surface area contributed by atoms with E-state index in [2.05, 4.69) is 5.32 Å². The van der Waals surface area contributed by atoms with Crippen LogP contribution in [0.4, 0.5) is 10.5 Å². The first-order valence-electron chi connectivity index (χ1n) is 10.9. The molecule has 7 nitrogen and oxygen atoms in total. The summed E-state index contributed by atoms with van der Waals surface area (Å²) in [6, 6.07) is 13.0. The average Bonchev–Trinajstić information content (AvgIpc) is 2.80. The summed E-state index contributed by atoms with van der Waals surface area (Å²) in [6.07, 6.45) is 1.92. The molecule has 1 aliphatic rings. The lowest BCUT2D eigenvalue weighted by Gasteiger charge is -2.41. The molecule has 1 heterocycles. The van der Waals surface area contributed by atoms with Crippen LogP contribution in [0.25, 0.3) is 0 Å². The molecule has 1 fully saturated rings. The fourth-order valence-corrected chi connectivity index (χ4v) is 4.25. The van der Waals surface area contributed by atoms with E-state index in [0.29, 0.717) is 49.6 Å². The number of amides is 2. The zero-order valence-electron chi connectivity index (χ0n) is 19.3. The molecule has 0 radical (unpaired) electrons. The van der Waals surface area contributed by atoms with E-state index in [9.17, 15) is 9.59 Å². The third-order valence-corrected chi connectivity index (χ3v) is 6.01. The van der Waals surface area contributed by atoms with Crippen molar-refractivity contribution >= 4 is 17.7 Å². The van der Waals surface area contributed by atoms with Gasteiger partial charge in [-0.15, -0.1) is 0 Å². The number of nitrogens with one attached hydrogen (secondary N) is 1. The number of rotatable bonds is 7. The van der Waals surface area contributed by atoms with E-state index in [1.165, 1.54) is 0 Å². The fourth-order valence-electron chi connectivity index (χ4n) is 4.25. The van der Waals surface area contributed by atoms with Gasteiger partial charge in [-0.3, -0.25) is 4.79 Å². The zero-order valence-corrected chi connectivity index (χ0v) is 19.3. The minimum atomic E-state index is -0.782. The molecule has 1 aliphatic heterocycles. The minimum Gasteiger partial charge on any atom is -0.497 e. The molecule has 3 rings (SSSR count). The molecule has 2 amide bonds. The number of carbonyl (C=O) groups excluding carboxylic acids is 2. The number of hydrogen-bond acceptors (Lipinski definition) is 5. The van der Waals surface area contributed by atoms with Gasteiger partial charge in [0, 0.05) is 19.2 Å². The molecule has 0 bridgehead atoms. The Kier molecular flexibility index (Phi) is 7.62. The highest BCUT2D eigenvalue weighted by atomic mass is 16.5. The van der Waals surface area contributed by atoms with Crippen LogP contribution < -0.4 is 14.8 Å². The van der Waals surface area contributed by atoms with Crippen LogP contribution in [0.1, 0.15) is 30.9 Å². The van der Waals surface area contributed by atoms with E-state index in [0.717, 1.165) is 11.1 Å². The monoisotopic (exact) mass is 440 g/mol. The second-order valence-electron chi connectivity index (χ2n) is 8.13. The lowest BCUT2D eigenvalue weighted by atomic mass is 9.74. The largest absolute Gasteiger partial charge is 0.497 e. The first kappa shape index (κ1) is 23.4. The van der Waals surface area contributed by atoms with Crippen LogP contribution in [-0.4, -0.2) is 50.8 Å².